The first-order valence-electron chi connectivity index (χ1n) is 8.54. The van der Waals surface area contributed by atoms with Crippen molar-refractivity contribution in [2.75, 3.05) is 46.4 Å². The maximum absolute atomic E-state index is 12.3. The highest BCUT2D eigenvalue weighted by molar-refractivity contribution is 7.09. The van der Waals surface area contributed by atoms with Crippen LogP contribution in [0.5, 0.6) is 0 Å². The summed E-state index contributed by atoms with van der Waals surface area (Å²) in [6.45, 7) is 6.44. The third kappa shape index (κ3) is 4.53. The molecular weight excluding hydrogens is 310 g/mol. The van der Waals surface area contributed by atoms with Gasteiger partial charge in [-0.15, -0.1) is 11.3 Å². The lowest BCUT2D eigenvalue weighted by atomic mass is 10.0. The number of carbonyl (C=O) groups excluding carboxylic acids is 1. The van der Waals surface area contributed by atoms with Crippen molar-refractivity contribution in [2.45, 2.75) is 25.4 Å². The fraction of sp³-hybridized carbons (Fsp3) is 0.706. The minimum absolute atomic E-state index is 0.0466. The van der Waals surface area contributed by atoms with E-state index in [0.717, 1.165) is 58.8 Å². The summed E-state index contributed by atoms with van der Waals surface area (Å²) >= 11 is 1.80. The van der Waals surface area contributed by atoms with Crippen LogP contribution in [0.2, 0.25) is 0 Å². The maximum Gasteiger partial charge on any atom is 0.225 e. The number of rotatable bonds is 4. The first-order valence-corrected chi connectivity index (χ1v) is 9.42. The number of thiophene rings is 1. The molecule has 6 heteroatoms. The second-order valence-electron chi connectivity index (χ2n) is 6.46. The first-order chi connectivity index (χ1) is 11.3. The molecule has 5 nitrogen and oxygen atoms in total. The molecule has 1 unspecified atom stereocenters. The fourth-order valence-electron chi connectivity index (χ4n) is 3.62. The van der Waals surface area contributed by atoms with Crippen molar-refractivity contribution in [1.82, 2.24) is 15.1 Å². The van der Waals surface area contributed by atoms with Gasteiger partial charge in [0.25, 0.3) is 0 Å². The monoisotopic (exact) mass is 337 g/mol. The highest BCUT2D eigenvalue weighted by Gasteiger charge is 2.31. The lowest BCUT2D eigenvalue weighted by Gasteiger charge is -2.34. The van der Waals surface area contributed by atoms with Crippen molar-refractivity contribution < 1.29 is 9.53 Å². The lowest BCUT2D eigenvalue weighted by Crippen LogP contribution is -2.45. The summed E-state index contributed by atoms with van der Waals surface area (Å²) in [6, 6.07) is 4.85. The van der Waals surface area contributed by atoms with Crippen molar-refractivity contribution in [2.24, 2.45) is 5.92 Å². The van der Waals surface area contributed by atoms with E-state index in [1.54, 1.807) is 18.4 Å². The number of nitrogens with one attached hydrogen (secondary N) is 1. The van der Waals surface area contributed by atoms with Gasteiger partial charge in [0.05, 0.1) is 5.92 Å². The highest BCUT2D eigenvalue weighted by atomic mass is 32.1. The second-order valence-corrected chi connectivity index (χ2v) is 7.50. The van der Waals surface area contributed by atoms with Crippen molar-refractivity contribution in [3.8, 4) is 0 Å². The van der Waals surface area contributed by atoms with Gasteiger partial charge in [-0.25, -0.2) is 0 Å². The Kier molecular flexibility index (Phi) is 6.05. The molecule has 0 aliphatic carbocycles. The van der Waals surface area contributed by atoms with E-state index < -0.39 is 0 Å². The van der Waals surface area contributed by atoms with Crippen molar-refractivity contribution in [3.05, 3.63) is 22.4 Å². The predicted molar refractivity (Wildman–Crippen MR) is 92.6 cm³/mol. The lowest BCUT2D eigenvalue weighted by molar-refractivity contribution is -0.125. The van der Waals surface area contributed by atoms with Crippen molar-refractivity contribution in [1.29, 1.82) is 0 Å². The summed E-state index contributed by atoms with van der Waals surface area (Å²) in [7, 11) is 1.75. The molecule has 2 aliphatic rings. The van der Waals surface area contributed by atoms with Crippen molar-refractivity contribution in [3.63, 3.8) is 0 Å². The van der Waals surface area contributed by atoms with Gasteiger partial charge in [0.2, 0.25) is 5.91 Å². The minimum Gasteiger partial charge on any atom is -0.381 e. The molecule has 2 fully saturated rings. The van der Waals surface area contributed by atoms with E-state index in [-0.39, 0.29) is 11.8 Å². The van der Waals surface area contributed by atoms with Crippen LogP contribution in [0.4, 0.5) is 0 Å². The van der Waals surface area contributed by atoms with E-state index in [4.69, 9.17) is 4.74 Å². The summed E-state index contributed by atoms with van der Waals surface area (Å²) in [5, 5.41) is 4.97. The van der Waals surface area contributed by atoms with Crippen molar-refractivity contribution >= 4 is 17.2 Å². The molecule has 1 N–H and O–H groups in total. The number of carbonyl (C=O) groups is 1. The van der Waals surface area contributed by atoms with E-state index in [9.17, 15) is 4.79 Å². The Morgan fingerprint density at radius 2 is 2.17 bits per heavy atom. The van der Waals surface area contributed by atoms with Gasteiger partial charge >= 0.3 is 0 Å². The van der Waals surface area contributed by atoms with Crippen LogP contribution in [0.15, 0.2) is 17.5 Å². The largest absolute Gasteiger partial charge is 0.381 e. The molecule has 128 valence electrons. The molecule has 3 heterocycles. The Labute approximate surface area is 142 Å². The normalized spacial score (nSPS) is 25.2. The number of hydrogen-bond donors (Lipinski definition) is 1. The Morgan fingerprint density at radius 3 is 2.87 bits per heavy atom. The van der Waals surface area contributed by atoms with Crippen LogP contribution < -0.4 is 5.32 Å². The Balaban J connectivity index is 1.67. The van der Waals surface area contributed by atoms with Crippen LogP contribution >= 0.6 is 11.3 Å². The van der Waals surface area contributed by atoms with Gasteiger partial charge in [-0.2, -0.15) is 0 Å². The van der Waals surface area contributed by atoms with Crippen LogP contribution in [0.3, 0.4) is 0 Å². The molecule has 23 heavy (non-hydrogen) atoms. The minimum atomic E-state index is 0.0466. The smallest absolute Gasteiger partial charge is 0.225 e. The molecule has 0 spiro atoms. The van der Waals surface area contributed by atoms with E-state index in [1.807, 2.05) is 0 Å². The SMILES string of the molecule is CNC(=O)C1CN(Cc2cccs2)CCN(C2CCOCC2)C1. The van der Waals surface area contributed by atoms with Gasteiger partial charge in [0.1, 0.15) is 0 Å². The van der Waals surface area contributed by atoms with Gasteiger partial charge in [0, 0.05) is 63.9 Å². The van der Waals surface area contributed by atoms with Gasteiger partial charge < -0.3 is 10.1 Å². The number of ether oxygens (including phenoxy) is 1. The number of amides is 1. The molecular formula is C17H27N3O2S. The van der Waals surface area contributed by atoms with E-state index in [1.165, 1.54) is 4.88 Å². The molecule has 1 atom stereocenters. The molecule has 1 amide bonds. The van der Waals surface area contributed by atoms with E-state index in [0.29, 0.717) is 6.04 Å². The molecule has 1 aromatic heterocycles. The number of nitrogens with zero attached hydrogens (tertiary/aromatic N) is 2. The van der Waals surface area contributed by atoms with Gasteiger partial charge in [-0.3, -0.25) is 14.6 Å². The van der Waals surface area contributed by atoms with Crippen LogP contribution in [-0.2, 0) is 16.1 Å². The second kappa shape index (κ2) is 8.24. The molecule has 1 aromatic rings. The average Bonchev–Trinajstić information content (AvgIpc) is 3.00. The summed E-state index contributed by atoms with van der Waals surface area (Å²) in [4.78, 5) is 18.6. The fourth-order valence-corrected chi connectivity index (χ4v) is 4.37. The van der Waals surface area contributed by atoms with Crippen LogP contribution in [0, 0.1) is 5.92 Å². The Hall–Kier alpha value is -0.950. The standard InChI is InChI=1S/C17H27N3O2S/c1-18-17(21)14-11-19(13-16-3-2-10-23-16)6-7-20(12-14)15-4-8-22-9-5-15/h2-3,10,14-15H,4-9,11-13H2,1H3,(H,18,21). The summed E-state index contributed by atoms with van der Waals surface area (Å²) in [5.41, 5.74) is 0. The molecule has 0 aromatic carbocycles. The van der Waals surface area contributed by atoms with E-state index >= 15 is 0 Å². The van der Waals surface area contributed by atoms with E-state index in [2.05, 4.69) is 32.6 Å². The maximum atomic E-state index is 12.3. The zero-order valence-corrected chi connectivity index (χ0v) is 14.7. The zero-order valence-electron chi connectivity index (χ0n) is 13.9. The van der Waals surface area contributed by atoms with Gasteiger partial charge in [-0.1, -0.05) is 6.07 Å². The zero-order chi connectivity index (χ0) is 16.1. The van der Waals surface area contributed by atoms with Crippen LogP contribution in [0.25, 0.3) is 0 Å². The third-order valence-corrected chi connectivity index (χ3v) is 5.78. The third-order valence-electron chi connectivity index (χ3n) is 4.92. The molecule has 0 saturated carbocycles. The quantitative estimate of drug-likeness (QED) is 0.902. The molecule has 2 aliphatic heterocycles. The Bertz CT molecular complexity index is 488. The average molecular weight is 337 g/mol. The summed E-state index contributed by atoms with van der Waals surface area (Å²) < 4.78 is 5.49. The van der Waals surface area contributed by atoms with Gasteiger partial charge in [0.15, 0.2) is 0 Å². The molecule has 3 rings (SSSR count). The highest BCUT2D eigenvalue weighted by Crippen LogP contribution is 2.21. The first kappa shape index (κ1) is 16.9. The van der Waals surface area contributed by atoms with Gasteiger partial charge in [-0.05, 0) is 24.3 Å². The molecule has 2 saturated heterocycles. The predicted octanol–water partition coefficient (Wildman–Crippen LogP) is 1.41. The van der Waals surface area contributed by atoms with Crippen LogP contribution in [-0.4, -0.2) is 68.2 Å². The molecule has 0 bridgehead atoms. The summed E-state index contributed by atoms with van der Waals surface area (Å²) in [6.07, 6.45) is 2.18. The molecule has 0 radical (unpaired) electrons. The van der Waals surface area contributed by atoms with Crippen LogP contribution in [0.1, 0.15) is 17.7 Å². The summed E-state index contributed by atoms with van der Waals surface area (Å²) in [5.74, 6) is 0.213. The Morgan fingerprint density at radius 1 is 1.35 bits per heavy atom. The topological polar surface area (TPSA) is 44.8 Å². The number of hydrogen-bond acceptors (Lipinski definition) is 5.